The van der Waals surface area contributed by atoms with Crippen LogP contribution in [-0.2, 0) is 11.2 Å². The normalized spacial score (nSPS) is 13.0. The molecule has 0 fully saturated rings. The molecular weight excluding hydrogens is 434 g/mol. The summed E-state index contributed by atoms with van der Waals surface area (Å²) in [6.45, 7) is 0.690. The molecule has 162 valence electrons. The van der Waals surface area contributed by atoms with Crippen molar-refractivity contribution in [3.8, 4) is 5.69 Å². The fourth-order valence-electron chi connectivity index (χ4n) is 4.38. The smallest absolute Gasteiger partial charge is 0.267 e. The van der Waals surface area contributed by atoms with E-state index in [4.69, 9.17) is 0 Å². The lowest BCUT2D eigenvalue weighted by molar-refractivity contribution is -0.116. The first-order valence-corrected chi connectivity index (χ1v) is 11.7. The molecule has 0 saturated carbocycles. The topological polar surface area (TPSA) is 72.5 Å². The zero-order chi connectivity index (χ0) is 22.4. The predicted octanol–water partition coefficient (Wildman–Crippen LogP) is 3.71. The maximum Gasteiger partial charge on any atom is 0.267 e. The van der Waals surface area contributed by atoms with Gasteiger partial charge in [0.25, 0.3) is 5.56 Å². The Balaban J connectivity index is 1.41. The van der Waals surface area contributed by atoms with Crippen molar-refractivity contribution in [2.24, 2.45) is 0 Å². The highest BCUT2D eigenvalue weighted by molar-refractivity contribution is 7.99. The van der Waals surface area contributed by atoms with E-state index in [9.17, 15) is 9.59 Å². The van der Waals surface area contributed by atoms with Crippen molar-refractivity contribution in [2.75, 3.05) is 17.2 Å². The SMILES string of the molecule is O=C(CSc1nnc2n(-c3ccccc3)c(=O)c3ccccc3n12)N1CCc2ccccc21. The summed E-state index contributed by atoms with van der Waals surface area (Å²) in [4.78, 5) is 28.2. The first-order valence-electron chi connectivity index (χ1n) is 10.7. The van der Waals surface area contributed by atoms with Gasteiger partial charge in [0.15, 0.2) is 5.16 Å². The number of anilines is 1. The summed E-state index contributed by atoms with van der Waals surface area (Å²) in [5.74, 6) is 0.683. The van der Waals surface area contributed by atoms with E-state index in [1.165, 1.54) is 17.3 Å². The van der Waals surface area contributed by atoms with Crippen molar-refractivity contribution in [1.82, 2.24) is 19.2 Å². The van der Waals surface area contributed by atoms with Crippen LogP contribution in [0.25, 0.3) is 22.4 Å². The second-order valence-electron chi connectivity index (χ2n) is 7.82. The van der Waals surface area contributed by atoms with Crippen LogP contribution in [0.2, 0.25) is 0 Å². The minimum Gasteiger partial charge on any atom is -0.311 e. The number of thioether (sulfide) groups is 1. The first kappa shape index (κ1) is 19.8. The predicted molar refractivity (Wildman–Crippen MR) is 129 cm³/mol. The molecule has 8 heteroatoms. The Morgan fingerprint density at radius 2 is 1.67 bits per heavy atom. The van der Waals surface area contributed by atoms with Gasteiger partial charge in [-0.05, 0) is 42.3 Å². The summed E-state index contributed by atoms with van der Waals surface area (Å²) in [5, 5.41) is 9.85. The summed E-state index contributed by atoms with van der Waals surface area (Å²) in [5.41, 5.74) is 3.46. The van der Waals surface area contributed by atoms with Crippen LogP contribution in [0.3, 0.4) is 0 Å². The van der Waals surface area contributed by atoms with Gasteiger partial charge in [0, 0.05) is 12.2 Å². The van der Waals surface area contributed by atoms with E-state index in [1.54, 1.807) is 10.6 Å². The number of carbonyl (C=O) groups excluding carboxylic acids is 1. The van der Waals surface area contributed by atoms with E-state index in [0.717, 1.165) is 17.6 Å². The zero-order valence-corrected chi connectivity index (χ0v) is 18.4. The van der Waals surface area contributed by atoms with Gasteiger partial charge < -0.3 is 4.90 Å². The van der Waals surface area contributed by atoms with E-state index in [-0.39, 0.29) is 17.2 Å². The van der Waals surface area contributed by atoms with Gasteiger partial charge in [-0.1, -0.05) is 60.3 Å². The third-order valence-corrected chi connectivity index (χ3v) is 6.84. The molecule has 3 aromatic carbocycles. The van der Waals surface area contributed by atoms with Crippen molar-refractivity contribution in [3.63, 3.8) is 0 Å². The van der Waals surface area contributed by atoms with Gasteiger partial charge in [-0.3, -0.25) is 14.0 Å². The standard InChI is InChI=1S/C25H19N5O2S/c31-22(28-15-14-17-8-4-6-12-20(17)28)16-33-25-27-26-24-29(18-9-2-1-3-10-18)23(32)19-11-5-7-13-21(19)30(24)25/h1-13H,14-16H2. The van der Waals surface area contributed by atoms with Gasteiger partial charge in [-0.25, -0.2) is 4.57 Å². The van der Waals surface area contributed by atoms with E-state index < -0.39 is 0 Å². The Hall–Kier alpha value is -3.91. The summed E-state index contributed by atoms with van der Waals surface area (Å²) < 4.78 is 3.43. The molecule has 3 heterocycles. The highest BCUT2D eigenvalue weighted by Gasteiger charge is 2.25. The number of rotatable bonds is 4. The molecule has 0 radical (unpaired) electrons. The van der Waals surface area contributed by atoms with Crippen LogP contribution in [0.1, 0.15) is 5.56 Å². The number of carbonyl (C=O) groups is 1. The summed E-state index contributed by atoms with van der Waals surface area (Å²) in [6, 6.07) is 24.8. The minimum absolute atomic E-state index is 0.0300. The number of amides is 1. The molecule has 1 aliphatic rings. The second kappa shape index (κ2) is 7.90. The number of aromatic nitrogens is 4. The Morgan fingerprint density at radius 3 is 2.55 bits per heavy atom. The molecule has 1 amide bonds. The number of fused-ring (bicyclic) bond motifs is 4. The van der Waals surface area contributed by atoms with Gasteiger partial charge in [-0.2, -0.15) is 0 Å². The zero-order valence-electron chi connectivity index (χ0n) is 17.6. The van der Waals surface area contributed by atoms with Crippen LogP contribution in [0, 0.1) is 0 Å². The van der Waals surface area contributed by atoms with Crippen molar-refractivity contribution in [1.29, 1.82) is 0 Å². The molecule has 1 aliphatic heterocycles. The average Bonchev–Trinajstić information content (AvgIpc) is 3.48. The van der Waals surface area contributed by atoms with Crippen molar-refractivity contribution < 1.29 is 4.79 Å². The lowest BCUT2D eigenvalue weighted by Gasteiger charge is -2.16. The van der Waals surface area contributed by atoms with Crippen LogP contribution < -0.4 is 10.5 Å². The van der Waals surface area contributed by atoms with E-state index >= 15 is 0 Å². The Kier molecular flexibility index (Phi) is 4.73. The molecule has 0 saturated heterocycles. The molecule has 0 atom stereocenters. The highest BCUT2D eigenvalue weighted by Crippen LogP contribution is 2.29. The molecule has 0 aliphatic carbocycles. The van der Waals surface area contributed by atoms with Gasteiger partial charge in [0.1, 0.15) is 0 Å². The van der Waals surface area contributed by atoms with Crippen LogP contribution in [0.5, 0.6) is 0 Å². The summed E-state index contributed by atoms with van der Waals surface area (Å²) >= 11 is 1.33. The minimum atomic E-state index is -0.155. The lowest BCUT2D eigenvalue weighted by Crippen LogP contribution is -2.30. The summed E-state index contributed by atoms with van der Waals surface area (Å²) in [6.07, 6.45) is 0.869. The van der Waals surface area contributed by atoms with E-state index in [1.807, 2.05) is 76.0 Å². The van der Waals surface area contributed by atoms with Crippen LogP contribution >= 0.6 is 11.8 Å². The van der Waals surface area contributed by atoms with Crippen LogP contribution in [-0.4, -0.2) is 37.4 Å². The van der Waals surface area contributed by atoms with Gasteiger partial charge in [0.05, 0.1) is 22.3 Å². The first-order chi connectivity index (χ1) is 16.2. The van der Waals surface area contributed by atoms with Crippen molar-refractivity contribution >= 4 is 40.0 Å². The number of nitrogens with zero attached hydrogens (tertiary/aromatic N) is 5. The molecule has 0 spiro atoms. The highest BCUT2D eigenvalue weighted by atomic mass is 32.2. The maximum absolute atomic E-state index is 13.3. The molecule has 0 N–H and O–H groups in total. The van der Waals surface area contributed by atoms with E-state index in [2.05, 4.69) is 16.3 Å². The largest absolute Gasteiger partial charge is 0.311 e. The molecule has 7 nitrogen and oxygen atoms in total. The molecule has 0 unspecified atom stereocenters. The number of benzene rings is 3. The Bertz CT molecular complexity index is 1570. The number of hydrogen-bond donors (Lipinski definition) is 0. The van der Waals surface area contributed by atoms with E-state index in [0.29, 0.717) is 28.6 Å². The van der Waals surface area contributed by atoms with Gasteiger partial charge >= 0.3 is 0 Å². The molecule has 0 bridgehead atoms. The molecule has 33 heavy (non-hydrogen) atoms. The molecule has 6 rings (SSSR count). The maximum atomic E-state index is 13.3. The van der Waals surface area contributed by atoms with Crippen LogP contribution in [0.15, 0.2) is 88.8 Å². The number of para-hydroxylation sites is 3. The summed E-state index contributed by atoms with van der Waals surface area (Å²) in [7, 11) is 0. The Morgan fingerprint density at radius 1 is 0.909 bits per heavy atom. The van der Waals surface area contributed by atoms with Crippen molar-refractivity contribution in [3.05, 3.63) is 94.8 Å². The molecule has 5 aromatic rings. The molecular formula is C25H19N5O2S. The lowest BCUT2D eigenvalue weighted by atomic mass is 10.2. The fourth-order valence-corrected chi connectivity index (χ4v) is 5.20. The Labute approximate surface area is 193 Å². The van der Waals surface area contributed by atoms with Crippen LogP contribution in [0.4, 0.5) is 5.69 Å². The molecule has 2 aromatic heterocycles. The number of hydrogen-bond acceptors (Lipinski definition) is 5. The second-order valence-corrected chi connectivity index (χ2v) is 8.77. The monoisotopic (exact) mass is 453 g/mol. The third kappa shape index (κ3) is 3.22. The van der Waals surface area contributed by atoms with Gasteiger partial charge in [-0.15, -0.1) is 10.2 Å². The fraction of sp³-hybridized carbons (Fsp3) is 0.120. The van der Waals surface area contributed by atoms with Crippen molar-refractivity contribution in [2.45, 2.75) is 11.6 Å². The quantitative estimate of drug-likeness (QED) is 0.388. The third-order valence-electron chi connectivity index (χ3n) is 5.92. The average molecular weight is 454 g/mol. The van der Waals surface area contributed by atoms with Gasteiger partial charge in [0.2, 0.25) is 11.7 Å².